The average molecular weight is 434 g/mol. The van der Waals surface area contributed by atoms with Crippen molar-refractivity contribution in [2.75, 3.05) is 24.5 Å². The Morgan fingerprint density at radius 3 is 2.69 bits per heavy atom. The number of nitrogens with zero attached hydrogens (tertiary/aromatic N) is 2. The molecular weight excluding hydrogens is 414 g/mol. The Morgan fingerprint density at radius 2 is 2.03 bits per heavy atom. The fraction of sp³-hybridized carbons (Fsp3) is 0.211. The van der Waals surface area contributed by atoms with Crippen LogP contribution in [0, 0.1) is 11.7 Å². The number of aromatic nitrogens is 3. The average Bonchev–Trinajstić information content (AvgIpc) is 3.12. The summed E-state index contributed by atoms with van der Waals surface area (Å²) < 4.78 is 13.0. The number of H-pyrrole nitrogens is 1. The van der Waals surface area contributed by atoms with Gasteiger partial charge in [-0.2, -0.15) is 5.10 Å². The first-order valence-electron chi connectivity index (χ1n) is 8.68. The molecule has 0 bridgehead atoms. The van der Waals surface area contributed by atoms with E-state index in [0.29, 0.717) is 33.5 Å². The Balaban J connectivity index is 1.63. The van der Waals surface area contributed by atoms with Gasteiger partial charge < -0.3 is 20.2 Å². The SMILES string of the molecule is COc1cc(CNn2cn[nH]c2=S)c(Cl)cc1OCC(=O)Nc1ccc(C)cc1. The van der Waals surface area contributed by atoms with Crippen molar-refractivity contribution in [3.63, 3.8) is 0 Å². The lowest BCUT2D eigenvalue weighted by Gasteiger charge is -2.14. The van der Waals surface area contributed by atoms with E-state index in [-0.39, 0.29) is 12.5 Å². The molecule has 2 aromatic carbocycles. The molecule has 1 amide bonds. The van der Waals surface area contributed by atoms with Crippen LogP contribution in [0.4, 0.5) is 5.69 Å². The summed E-state index contributed by atoms with van der Waals surface area (Å²) in [5.41, 5.74) is 5.66. The van der Waals surface area contributed by atoms with Gasteiger partial charge in [-0.3, -0.25) is 9.89 Å². The number of hydrogen-bond acceptors (Lipinski definition) is 6. The number of amides is 1. The van der Waals surface area contributed by atoms with Gasteiger partial charge in [0.15, 0.2) is 18.1 Å². The number of aromatic amines is 1. The Morgan fingerprint density at radius 1 is 1.28 bits per heavy atom. The number of hydrogen-bond donors (Lipinski definition) is 3. The standard InChI is InChI=1S/C19H20ClN5O3S/c1-12-3-5-14(6-4-12)23-18(26)10-28-17-8-15(20)13(7-16(17)27-2)9-22-25-11-21-24-19(25)29/h3-8,11,22H,9-10H2,1-2H3,(H,23,26)(H,24,29). The predicted octanol–water partition coefficient (Wildman–Crippen LogP) is 3.67. The highest BCUT2D eigenvalue weighted by Crippen LogP contribution is 2.33. The summed E-state index contributed by atoms with van der Waals surface area (Å²) in [4.78, 5) is 12.1. The molecule has 1 aromatic heterocycles. The maximum Gasteiger partial charge on any atom is 0.262 e. The van der Waals surface area contributed by atoms with Gasteiger partial charge in [-0.05, 0) is 42.9 Å². The van der Waals surface area contributed by atoms with Crippen molar-refractivity contribution in [1.82, 2.24) is 14.9 Å². The first-order valence-corrected chi connectivity index (χ1v) is 9.46. The fourth-order valence-electron chi connectivity index (χ4n) is 2.49. The van der Waals surface area contributed by atoms with E-state index in [0.717, 1.165) is 11.1 Å². The largest absolute Gasteiger partial charge is 0.493 e. The lowest BCUT2D eigenvalue weighted by atomic mass is 10.2. The molecule has 152 valence electrons. The summed E-state index contributed by atoms with van der Waals surface area (Å²) in [6, 6.07) is 10.9. The molecular formula is C19H20ClN5O3S. The predicted molar refractivity (Wildman–Crippen MR) is 114 cm³/mol. The molecule has 0 radical (unpaired) electrons. The molecule has 0 spiro atoms. The minimum atomic E-state index is -0.285. The van der Waals surface area contributed by atoms with Crippen LogP contribution in [0.25, 0.3) is 0 Å². The Labute approximate surface area is 177 Å². The number of carbonyl (C=O) groups is 1. The van der Waals surface area contributed by atoms with Gasteiger partial charge >= 0.3 is 0 Å². The topological polar surface area (TPSA) is 93.2 Å². The highest BCUT2D eigenvalue weighted by atomic mass is 35.5. The number of anilines is 1. The number of methoxy groups -OCH3 is 1. The second kappa shape index (κ2) is 9.44. The van der Waals surface area contributed by atoms with Gasteiger partial charge in [-0.1, -0.05) is 29.3 Å². The zero-order valence-electron chi connectivity index (χ0n) is 15.9. The molecule has 0 aliphatic carbocycles. The first-order chi connectivity index (χ1) is 14.0. The maximum absolute atomic E-state index is 12.1. The second-order valence-electron chi connectivity index (χ2n) is 6.16. The molecule has 3 aromatic rings. The summed E-state index contributed by atoms with van der Waals surface area (Å²) in [5.74, 6) is 0.553. The minimum Gasteiger partial charge on any atom is -0.493 e. The van der Waals surface area contributed by atoms with Crippen LogP contribution >= 0.6 is 23.8 Å². The molecule has 3 rings (SSSR count). The van der Waals surface area contributed by atoms with Crippen molar-refractivity contribution < 1.29 is 14.3 Å². The maximum atomic E-state index is 12.1. The van der Waals surface area contributed by atoms with Crippen LogP contribution in [0.5, 0.6) is 11.5 Å². The summed E-state index contributed by atoms with van der Waals surface area (Å²) >= 11 is 11.4. The number of aryl methyl sites for hydroxylation is 1. The smallest absolute Gasteiger partial charge is 0.262 e. The first kappa shape index (κ1) is 20.7. The molecule has 0 aliphatic heterocycles. The normalized spacial score (nSPS) is 10.4. The van der Waals surface area contributed by atoms with Crippen molar-refractivity contribution in [3.05, 3.63) is 63.6 Å². The quantitative estimate of drug-likeness (QED) is 0.469. The summed E-state index contributed by atoms with van der Waals surface area (Å²) in [6.45, 7) is 2.19. The van der Waals surface area contributed by atoms with Crippen molar-refractivity contribution in [1.29, 1.82) is 0 Å². The number of carbonyl (C=O) groups excluding carboxylic acids is 1. The van der Waals surface area contributed by atoms with E-state index in [1.54, 1.807) is 16.8 Å². The molecule has 0 saturated heterocycles. The van der Waals surface area contributed by atoms with Crippen LogP contribution in [0.1, 0.15) is 11.1 Å². The van der Waals surface area contributed by atoms with Crippen molar-refractivity contribution in [3.8, 4) is 11.5 Å². The summed E-state index contributed by atoms with van der Waals surface area (Å²) in [7, 11) is 1.52. The summed E-state index contributed by atoms with van der Waals surface area (Å²) in [6.07, 6.45) is 1.53. The van der Waals surface area contributed by atoms with E-state index in [9.17, 15) is 4.79 Å². The van der Waals surface area contributed by atoms with E-state index in [1.165, 1.54) is 13.4 Å². The highest BCUT2D eigenvalue weighted by molar-refractivity contribution is 7.71. The van der Waals surface area contributed by atoms with E-state index < -0.39 is 0 Å². The molecule has 0 atom stereocenters. The number of rotatable bonds is 8. The zero-order chi connectivity index (χ0) is 20.8. The number of benzene rings is 2. The molecule has 8 nitrogen and oxygen atoms in total. The molecule has 0 saturated carbocycles. The molecule has 3 N–H and O–H groups in total. The van der Waals surface area contributed by atoms with Crippen LogP contribution in [-0.4, -0.2) is 34.5 Å². The van der Waals surface area contributed by atoms with Crippen molar-refractivity contribution >= 4 is 35.4 Å². The Kier molecular flexibility index (Phi) is 6.73. The van der Waals surface area contributed by atoms with Gasteiger partial charge in [0.1, 0.15) is 6.33 Å². The number of nitrogens with one attached hydrogen (secondary N) is 3. The third-order valence-electron chi connectivity index (χ3n) is 4.02. The minimum absolute atomic E-state index is 0.178. The van der Waals surface area contributed by atoms with Gasteiger partial charge in [0.25, 0.3) is 5.91 Å². The fourth-order valence-corrected chi connectivity index (χ4v) is 2.88. The molecule has 1 heterocycles. The number of ether oxygens (including phenoxy) is 2. The molecule has 10 heteroatoms. The van der Waals surface area contributed by atoms with Crippen LogP contribution in [-0.2, 0) is 11.3 Å². The van der Waals surface area contributed by atoms with Gasteiger partial charge in [-0.15, -0.1) is 0 Å². The van der Waals surface area contributed by atoms with Gasteiger partial charge in [0.2, 0.25) is 4.77 Å². The second-order valence-corrected chi connectivity index (χ2v) is 6.96. The van der Waals surface area contributed by atoms with Crippen LogP contribution in [0.2, 0.25) is 5.02 Å². The highest BCUT2D eigenvalue weighted by Gasteiger charge is 2.13. The Hall–Kier alpha value is -3.04. The number of halogens is 1. The zero-order valence-corrected chi connectivity index (χ0v) is 17.4. The van der Waals surface area contributed by atoms with Crippen molar-refractivity contribution in [2.24, 2.45) is 0 Å². The third kappa shape index (κ3) is 5.49. The van der Waals surface area contributed by atoms with E-state index in [4.69, 9.17) is 33.3 Å². The monoisotopic (exact) mass is 433 g/mol. The molecule has 0 aliphatic rings. The van der Waals surface area contributed by atoms with E-state index in [2.05, 4.69) is 20.9 Å². The van der Waals surface area contributed by atoms with E-state index in [1.807, 2.05) is 31.2 Å². The lowest BCUT2D eigenvalue weighted by Crippen LogP contribution is -2.20. The lowest BCUT2D eigenvalue weighted by molar-refractivity contribution is -0.118. The van der Waals surface area contributed by atoms with Crippen molar-refractivity contribution in [2.45, 2.75) is 13.5 Å². The van der Waals surface area contributed by atoms with Gasteiger partial charge in [0.05, 0.1) is 13.7 Å². The van der Waals surface area contributed by atoms with Crippen LogP contribution in [0.15, 0.2) is 42.7 Å². The summed E-state index contributed by atoms with van der Waals surface area (Å²) in [5, 5.41) is 9.72. The molecule has 29 heavy (non-hydrogen) atoms. The van der Waals surface area contributed by atoms with Gasteiger partial charge in [-0.25, -0.2) is 4.68 Å². The van der Waals surface area contributed by atoms with Crippen LogP contribution in [0.3, 0.4) is 0 Å². The van der Waals surface area contributed by atoms with Crippen LogP contribution < -0.4 is 20.2 Å². The Bertz CT molecular complexity index is 1050. The third-order valence-corrected chi connectivity index (χ3v) is 4.66. The van der Waals surface area contributed by atoms with Gasteiger partial charge in [0, 0.05) is 16.8 Å². The molecule has 0 unspecified atom stereocenters. The van der Waals surface area contributed by atoms with E-state index >= 15 is 0 Å². The molecule has 0 fully saturated rings.